The van der Waals surface area contributed by atoms with E-state index in [0.717, 1.165) is 56.5 Å². The molecule has 1 fully saturated rings. The van der Waals surface area contributed by atoms with Gasteiger partial charge >= 0.3 is 5.97 Å². The van der Waals surface area contributed by atoms with E-state index >= 15 is 0 Å². The number of carbonyl (C=O) groups is 1. The molecule has 1 aliphatic heterocycles. The Hall–Kier alpha value is -1.85. The van der Waals surface area contributed by atoms with Gasteiger partial charge in [0.1, 0.15) is 0 Å². The maximum absolute atomic E-state index is 11.1. The van der Waals surface area contributed by atoms with Gasteiger partial charge in [-0.1, -0.05) is 0 Å². The lowest BCUT2D eigenvalue weighted by Gasteiger charge is -2.26. The van der Waals surface area contributed by atoms with Gasteiger partial charge in [0.2, 0.25) is 0 Å². The quantitative estimate of drug-likeness (QED) is 0.783. The molecule has 0 bridgehead atoms. The highest BCUT2D eigenvalue weighted by Crippen LogP contribution is 2.21. The zero-order valence-electron chi connectivity index (χ0n) is 12.1. The molecule has 112 valence electrons. The lowest BCUT2D eigenvalue weighted by Crippen LogP contribution is -2.43. The van der Waals surface area contributed by atoms with Gasteiger partial charge in [-0.2, -0.15) is 0 Å². The van der Waals surface area contributed by atoms with Crippen molar-refractivity contribution in [2.24, 2.45) is 0 Å². The Morgan fingerprint density at radius 1 is 1.29 bits per heavy atom. The Morgan fingerprint density at radius 2 is 2.10 bits per heavy atom. The highest BCUT2D eigenvalue weighted by Gasteiger charge is 2.11. The van der Waals surface area contributed by atoms with Crippen molar-refractivity contribution in [1.29, 1.82) is 0 Å². The summed E-state index contributed by atoms with van der Waals surface area (Å²) in [5.74, 6) is -0.870. The molecular weight excluding hydrogens is 266 g/mol. The number of carboxylic acid groups (broad SMARTS) is 1. The van der Waals surface area contributed by atoms with Crippen LogP contribution in [0.3, 0.4) is 0 Å². The van der Waals surface area contributed by atoms with Crippen LogP contribution in [0.5, 0.6) is 0 Å². The number of hydrogen-bond donors (Lipinski definition) is 3. The third-order valence-corrected chi connectivity index (χ3v) is 4.14. The Balaban J connectivity index is 1.65. The van der Waals surface area contributed by atoms with Gasteiger partial charge in [-0.3, -0.25) is 0 Å². The number of nitrogens with one attached hydrogen (secondary N) is 2. The number of rotatable bonds is 5. The normalized spacial score (nSPS) is 16.4. The maximum Gasteiger partial charge on any atom is 0.335 e. The van der Waals surface area contributed by atoms with Crippen LogP contribution in [0.2, 0.25) is 0 Å². The summed E-state index contributed by atoms with van der Waals surface area (Å²) in [6.07, 6.45) is 4.09. The van der Waals surface area contributed by atoms with Crippen molar-refractivity contribution in [3.63, 3.8) is 0 Å². The second-order valence-electron chi connectivity index (χ2n) is 5.57. The first-order valence-electron chi connectivity index (χ1n) is 7.50. The summed E-state index contributed by atoms with van der Waals surface area (Å²) in [6, 6.07) is 5.26. The Kier molecular flexibility index (Phi) is 4.22. The molecule has 1 saturated heterocycles. The molecule has 0 amide bonds. The number of carboxylic acids is 1. The van der Waals surface area contributed by atoms with Crippen LogP contribution in [-0.2, 0) is 6.42 Å². The summed E-state index contributed by atoms with van der Waals surface area (Å²) in [7, 11) is 0. The number of piperazine rings is 1. The number of H-pyrrole nitrogens is 1. The number of benzene rings is 1. The average molecular weight is 287 g/mol. The molecule has 0 spiro atoms. The fourth-order valence-electron chi connectivity index (χ4n) is 2.95. The van der Waals surface area contributed by atoms with E-state index in [1.807, 2.05) is 12.3 Å². The van der Waals surface area contributed by atoms with Crippen LogP contribution < -0.4 is 5.32 Å². The Bertz CT molecular complexity index is 629. The molecule has 2 heterocycles. The molecule has 21 heavy (non-hydrogen) atoms. The zero-order valence-corrected chi connectivity index (χ0v) is 12.1. The fraction of sp³-hybridized carbons (Fsp3) is 0.438. The Labute approximate surface area is 124 Å². The summed E-state index contributed by atoms with van der Waals surface area (Å²) in [5.41, 5.74) is 2.57. The number of fused-ring (bicyclic) bond motifs is 1. The second-order valence-corrected chi connectivity index (χ2v) is 5.57. The minimum Gasteiger partial charge on any atom is -0.478 e. The number of aromatic nitrogens is 1. The maximum atomic E-state index is 11.1. The van der Waals surface area contributed by atoms with Gasteiger partial charge in [-0.25, -0.2) is 4.79 Å². The molecule has 3 N–H and O–H groups in total. The van der Waals surface area contributed by atoms with E-state index in [1.54, 1.807) is 12.1 Å². The van der Waals surface area contributed by atoms with Gasteiger partial charge in [-0.15, -0.1) is 0 Å². The summed E-state index contributed by atoms with van der Waals surface area (Å²) in [6.45, 7) is 5.51. The van der Waals surface area contributed by atoms with Crippen molar-refractivity contribution in [2.75, 3.05) is 32.7 Å². The third-order valence-electron chi connectivity index (χ3n) is 4.14. The van der Waals surface area contributed by atoms with Crippen LogP contribution in [0, 0.1) is 0 Å². The molecule has 0 aliphatic carbocycles. The van der Waals surface area contributed by atoms with Crippen LogP contribution in [0.25, 0.3) is 10.9 Å². The van der Waals surface area contributed by atoms with Crippen LogP contribution in [0.15, 0.2) is 24.4 Å². The molecule has 0 atom stereocenters. The number of aromatic carboxylic acids is 1. The second kappa shape index (κ2) is 6.28. The van der Waals surface area contributed by atoms with E-state index in [0.29, 0.717) is 5.56 Å². The van der Waals surface area contributed by atoms with Crippen LogP contribution in [0.4, 0.5) is 0 Å². The number of aromatic amines is 1. The smallest absolute Gasteiger partial charge is 0.335 e. The lowest BCUT2D eigenvalue weighted by molar-refractivity contribution is 0.0697. The van der Waals surface area contributed by atoms with Crippen molar-refractivity contribution >= 4 is 16.9 Å². The van der Waals surface area contributed by atoms with Gasteiger partial charge in [-0.05, 0) is 43.1 Å². The van der Waals surface area contributed by atoms with E-state index in [1.165, 1.54) is 5.56 Å². The SMILES string of the molecule is O=C(O)c1ccc2[nH]cc(CCCN3CCNCC3)c2c1. The van der Waals surface area contributed by atoms with E-state index < -0.39 is 5.97 Å². The lowest BCUT2D eigenvalue weighted by atomic mass is 10.1. The predicted molar refractivity (Wildman–Crippen MR) is 82.9 cm³/mol. The minimum atomic E-state index is -0.870. The summed E-state index contributed by atoms with van der Waals surface area (Å²) >= 11 is 0. The highest BCUT2D eigenvalue weighted by atomic mass is 16.4. The largest absolute Gasteiger partial charge is 0.478 e. The molecule has 1 aromatic carbocycles. The summed E-state index contributed by atoms with van der Waals surface area (Å²) < 4.78 is 0. The van der Waals surface area contributed by atoms with Crippen LogP contribution in [0.1, 0.15) is 22.3 Å². The van der Waals surface area contributed by atoms with E-state index in [2.05, 4.69) is 15.2 Å². The molecule has 0 saturated carbocycles. The number of hydrogen-bond acceptors (Lipinski definition) is 3. The highest BCUT2D eigenvalue weighted by molar-refractivity contribution is 5.94. The van der Waals surface area contributed by atoms with Gasteiger partial charge in [0.05, 0.1) is 5.56 Å². The molecule has 5 nitrogen and oxygen atoms in total. The molecule has 1 aromatic heterocycles. The van der Waals surface area contributed by atoms with E-state index in [4.69, 9.17) is 5.11 Å². The third kappa shape index (κ3) is 3.25. The van der Waals surface area contributed by atoms with Crippen molar-refractivity contribution in [3.05, 3.63) is 35.5 Å². The van der Waals surface area contributed by atoms with E-state index in [9.17, 15) is 4.79 Å². The molecule has 5 heteroatoms. The molecular formula is C16H21N3O2. The standard InChI is InChI=1S/C16H21N3O2/c20-16(21)12-3-4-15-14(10-12)13(11-18-15)2-1-7-19-8-5-17-6-9-19/h3-4,10-11,17-18H,1-2,5-9H2,(H,20,21). The van der Waals surface area contributed by atoms with Crippen molar-refractivity contribution in [1.82, 2.24) is 15.2 Å². The van der Waals surface area contributed by atoms with Crippen molar-refractivity contribution in [2.45, 2.75) is 12.8 Å². The fourth-order valence-corrected chi connectivity index (χ4v) is 2.95. The average Bonchev–Trinajstić information content (AvgIpc) is 2.91. The van der Waals surface area contributed by atoms with Gasteiger partial charge in [0, 0.05) is 43.3 Å². The number of aryl methyl sites for hydroxylation is 1. The first-order chi connectivity index (χ1) is 10.2. The molecule has 2 aromatic rings. The van der Waals surface area contributed by atoms with Crippen LogP contribution >= 0.6 is 0 Å². The molecule has 1 aliphatic rings. The van der Waals surface area contributed by atoms with Crippen molar-refractivity contribution < 1.29 is 9.90 Å². The first-order valence-corrected chi connectivity index (χ1v) is 7.50. The summed E-state index contributed by atoms with van der Waals surface area (Å²) in [5, 5.41) is 13.5. The first kappa shape index (κ1) is 14.1. The van der Waals surface area contributed by atoms with E-state index in [-0.39, 0.29) is 0 Å². The topological polar surface area (TPSA) is 68.4 Å². The van der Waals surface area contributed by atoms with Gasteiger partial charge < -0.3 is 20.3 Å². The Morgan fingerprint density at radius 3 is 2.86 bits per heavy atom. The number of nitrogens with zero attached hydrogens (tertiary/aromatic N) is 1. The van der Waals surface area contributed by atoms with Crippen molar-refractivity contribution in [3.8, 4) is 0 Å². The summed E-state index contributed by atoms with van der Waals surface area (Å²) in [4.78, 5) is 16.8. The minimum absolute atomic E-state index is 0.352. The zero-order chi connectivity index (χ0) is 14.7. The molecule has 3 rings (SSSR count). The van der Waals surface area contributed by atoms with Gasteiger partial charge in [0.15, 0.2) is 0 Å². The molecule has 0 radical (unpaired) electrons. The predicted octanol–water partition coefficient (Wildman–Crippen LogP) is 1.70. The molecule has 0 unspecified atom stereocenters. The van der Waals surface area contributed by atoms with Crippen LogP contribution in [-0.4, -0.2) is 53.7 Å². The van der Waals surface area contributed by atoms with Gasteiger partial charge in [0.25, 0.3) is 0 Å². The monoisotopic (exact) mass is 287 g/mol.